The minimum Gasteiger partial charge on any atom is -0.462 e. The third kappa shape index (κ3) is 5.45. The summed E-state index contributed by atoms with van der Waals surface area (Å²) in [5.41, 5.74) is 5.23. The first-order valence-electron chi connectivity index (χ1n) is 11.8. The summed E-state index contributed by atoms with van der Waals surface area (Å²) in [6.45, 7) is 3.23. The van der Waals surface area contributed by atoms with Crippen LogP contribution >= 0.6 is 7.82 Å². The highest BCUT2D eigenvalue weighted by Gasteiger charge is 2.60. The third-order valence-corrected chi connectivity index (χ3v) is 8.20. The number of ether oxygens (including phenoxy) is 2. The lowest BCUT2D eigenvalue weighted by molar-refractivity contribution is -0.155. The van der Waals surface area contributed by atoms with Crippen molar-refractivity contribution in [2.24, 2.45) is 11.7 Å². The van der Waals surface area contributed by atoms with Crippen molar-refractivity contribution in [2.45, 2.75) is 88.9 Å². The number of carbonyl (C=O) groups is 3. The number of esters is 1. The van der Waals surface area contributed by atoms with E-state index in [0.717, 1.165) is 25.7 Å². The Morgan fingerprint density at radius 3 is 2.76 bits per heavy atom. The van der Waals surface area contributed by atoms with Gasteiger partial charge in [0.15, 0.2) is 12.0 Å². The monoisotopic (exact) mass is 500 g/mol. The summed E-state index contributed by atoms with van der Waals surface area (Å²) in [6.07, 6.45) is 5.24. The van der Waals surface area contributed by atoms with Gasteiger partial charge in [0.25, 0.3) is 0 Å². The van der Waals surface area contributed by atoms with Crippen molar-refractivity contribution in [1.29, 1.82) is 0 Å². The van der Waals surface area contributed by atoms with Crippen molar-refractivity contribution in [3.8, 4) is 0 Å². The molecule has 1 amide bonds. The molecule has 0 bridgehead atoms. The molecule has 6 atom stereocenters. The van der Waals surface area contributed by atoms with Gasteiger partial charge in [0.1, 0.15) is 18.3 Å². The molecule has 4 aliphatic rings. The van der Waals surface area contributed by atoms with Crippen molar-refractivity contribution in [2.75, 3.05) is 13.2 Å². The minimum atomic E-state index is -3.96. The Labute approximate surface area is 198 Å². The SMILES string of the molecule is CC(CCO[P@]1(=O)OC[C@H]2O[C@@H](N3C=CC(=O)CC3=O)[C@](C)(N)[C@@H]2O1)C(=O)OC1CCCCC1. The number of allylic oxidation sites excluding steroid dienone is 1. The van der Waals surface area contributed by atoms with E-state index in [0.29, 0.717) is 0 Å². The molecule has 12 heteroatoms. The number of phosphoric acid groups is 1. The number of carbonyl (C=O) groups excluding carboxylic acids is 3. The smallest absolute Gasteiger partial charge is 0.462 e. The van der Waals surface area contributed by atoms with Crippen LogP contribution in [0.3, 0.4) is 0 Å². The molecule has 1 saturated carbocycles. The number of phosphoric ester groups is 1. The van der Waals surface area contributed by atoms with E-state index in [1.165, 1.54) is 23.6 Å². The molecule has 1 unspecified atom stereocenters. The second-order valence-electron chi connectivity index (χ2n) is 9.64. The molecule has 2 saturated heterocycles. The molecule has 190 valence electrons. The number of amides is 1. The van der Waals surface area contributed by atoms with E-state index in [4.69, 9.17) is 28.8 Å². The van der Waals surface area contributed by atoms with E-state index in [-0.39, 0.29) is 43.9 Å². The summed E-state index contributed by atoms with van der Waals surface area (Å²) in [5, 5.41) is 0. The molecule has 0 radical (unpaired) electrons. The predicted octanol–water partition coefficient (Wildman–Crippen LogP) is 2.19. The predicted molar refractivity (Wildman–Crippen MR) is 118 cm³/mol. The number of nitrogens with two attached hydrogens (primary N) is 1. The Hall–Kier alpha value is -1.62. The molecule has 34 heavy (non-hydrogen) atoms. The molecule has 0 aromatic carbocycles. The molecule has 1 aliphatic carbocycles. The molecular weight excluding hydrogens is 467 g/mol. The normalized spacial score (nSPS) is 37.5. The molecule has 4 rings (SSSR count). The van der Waals surface area contributed by atoms with E-state index in [1.54, 1.807) is 13.8 Å². The molecule has 3 aliphatic heterocycles. The fourth-order valence-electron chi connectivity index (χ4n) is 4.68. The van der Waals surface area contributed by atoms with E-state index in [1.807, 2.05) is 0 Å². The van der Waals surface area contributed by atoms with Gasteiger partial charge in [-0.1, -0.05) is 13.3 Å². The fraction of sp³-hybridized carbons (Fsp3) is 0.773. The lowest BCUT2D eigenvalue weighted by Crippen LogP contribution is -2.60. The van der Waals surface area contributed by atoms with Crippen LogP contribution in [0.5, 0.6) is 0 Å². The minimum absolute atomic E-state index is 0.0257. The van der Waals surface area contributed by atoms with Crippen LogP contribution in [-0.4, -0.2) is 65.9 Å². The Bertz CT molecular complexity index is 886. The lowest BCUT2D eigenvalue weighted by Gasteiger charge is -2.38. The van der Waals surface area contributed by atoms with Crippen molar-refractivity contribution >= 4 is 25.5 Å². The van der Waals surface area contributed by atoms with Crippen LogP contribution in [0.4, 0.5) is 0 Å². The van der Waals surface area contributed by atoms with Gasteiger partial charge < -0.3 is 15.2 Å². The van der Waals surface area contributed by atoms with Crippen LogP contribution in [0.25, 0.3) is 0 Å². The maximum Gasteiger partial charge on any atom is 0.475 e. The fourth-order valence-corrected chi connectivity index (χ4v) is 6.17. The Kier molecular flexibility index (Phi) is 7.61. The zero-order chi connectivity index (χ0) is 24.5. The van der Waals surface area contributed by atoms with Gasteiger partial charge in [-0.05, 0) is 45.1 Å². The average Bonchev–Trinajstić information content (AvgIpc) is 3.04. The van der Waals surface area contributed by atoms with Gasteiger partial charge >= 0.3 is 13.8 Å². The highest BCUT2D eigenvalue weighted by molar-refractivity contribution is 7.48. The summed E-state index contributed by atoms with van der Waals surface area (Å²) in [5.74, 6) is -1.46. The van der Waals surface area contributed by atoms with Gasteiger partial charge in [0.05, 0.1) is 31.1 Å². The van der Waals surface area contributed by atoms with Gasteiger partial charge in [0, 0.05) is 6.20 Å². The van der Waals surface area contributed by atoms with Gasteiger partial charge in [-0.15, -0.1) is 0 Å². The standard InChI is InChI=1S/C22H33N2O9P/c1-14(20(27)31-16-6-4-3-5-7-16)9-11-29-34(28)30-13-17-19(33-34)22(2,23)21(32-17)24-10-8-15(25)12-18(24)26/h8,10,14,16-17,19,21H,3-7,9,11-13,23H2,1-2H3/t14?,17-,19-,21-,22-,34-/m1/s1. The maximum absolute atomic E-state index is 13.1. The first-order chi connectivity index (χ1) is 16.1. The zero-order valence-electron chi connectivity index (χ0n) is 19.6. The third-order valence-electron chi connectivity index (χ3n) is 6.75. The van der Waals surface area contributed by atoms with Gasteiger partial charge in [-0.25, -0.2) is 4.57 Å². The average molecular weight is 500 g/mol. The molecule has 0 aromatic heterocycles. The summed E-state index contributed by atoms with van der Waals surface area (Å²) in [6, 6.07) is 0. The largest absolute Gasteiger partial charge is 0.475 e. The van der Waals surface area contributed by atoms with Crippen LogP contribution in [0.2, 0.25) is 0 Å². The molecule has 0 aromatic rings. The topological polar surface area (TPSA) is 144 Å². The van der Waals surface area contributed by atoms with Crippen LogP contribution in [0.1, 0.15) is 58.8 Å². The number of fused-ring (bicyclic) bond motifs is 1. The van der Waals surface area contributed by atoms with Crippen LogP contribution < -0.4 is 5.73 Å². The molecule has 0 spiro atoms. The van der Waals surface area contributed by atoms with Crippen LogP contribution in [0.15, 0.2) is 12.3 Å². The molecular formula is C22H33N2O9P. The van der Waals surface area contributed by atoms with E-state index in [2.05, 4.69) is 0 Å². The van der Waals surface area contributed by atoms with Crippen molar-refractivity contribution in [3.05, 3.63) is 12.3 Å². The second-order valence-corrected chi connectivity index (χ2v) is 11.3. The summed E-state index contributed by atoms with van der Waals surface area (Å²) >= 11 is 0. The summed E-state index contributed by atoms with van der Waals surface area (Å²) in [7, 11) is -3.96. The number of hydrogen-bond acceptors (Lipinski definition) is 10. The van der Waals surface area contributed by atoms with Gasteiger partial charge in [-0.3, -0.25) is 32.9 Å². The molecule has 2 N–H and O–H groups in total. The van der Waals surface area contributed by atoms with Crippen LogP contribution in [-0.2, 0) is 42.0 Å². The highest BCUT2D eigenvalue weighted by Crippen LogP contribution is 2.57. The molecule has 11 nitrogen and oxygen atoms in total. The second kappa shape index (κ2) is 10.2. The first-order valence-corrected chi connectivity index (χ1v) is 13.3. The first kappa shape index (κ1) is 25.5. The molecule has 3 heterocycles. The number of rotatable bonds is 7. The van der Waals surface area contributed by atoms with Gasteiger partial charge in [-0.2, -0.15) is 0 Å². The van der Waals surface area contributed by atoms with E-state index >= 15 is 0 Å². The van der Waals surface area contributed by atoms with E-state index in [9.17, 15) is 18.9 Å². The Morgan fingerprint density at radius 1 is 1.32 bits per heavy atom. The van der Waals surface area contributed by atoms with Crippen molar-refractivity contribution in [3.63, 3.8) is 0 Å². The summed E-state index contributed by atoms with van der Waals surface area (Å²) in [4.78, 5) is 37.4. The lowest BCUT2D eigenvalue weighted by atomic mass is 9.92. The highest BCUT2D eigenvalue weighted by atomic mass is 31.2. The number of nitrogens with zero attached hydrogens (tertiary/aromatic N) is 1. The van der Waals surface area contributed by atoms with E-state index < -0.39 is 43.6 Å². The summed E-state index contributed by atoms with van der Waals surface area (Å²) < 4.78 is 41.0. The van der Waals surface area contributed by atoms with Crippen molar-refractivity contribution in [1.82, 2.24) is 4.90 Å². The quantitative estimate of drug-likeness (QED) is 0.314. The Morgan fingerprint density at radius 2 is 2.06 bits per heavy atom. The maximum atomic E-state index is 13.1. The van der Waals surface area contributed by atoms with Crippen molar-refractivity contribution < 1.29 is 42.0 Å². The number of ketones is 1. The Balaban J connectivity index is 1.30. The van der Waals surface area contributed by atoms with Crippen LogP contribution in [0, 0.1) is 5.92 Å². The van der Waals surface area contributed by atoms with Gasteiger partial charge in [0.2, 0.25) is 5.91 Å². The number of hydrogen-bond donors (Lipinski definition) is 1. The zero-order valence-corrected chi connectivity index (χ0v) is 20.4. The molecule has 3 fully saturated rings.